The Kier molecular flexibility index (Phi) is 4.86. The highest BCUT2D eigenvalue weighted by Gasteiger charge is 2.30. The lowest BCUT2D eigenvalue weighted by Crippen LogP contribution is -2.42. The molecule has 0 saturated carbocycles. The van der Waals surface area contributed by atoms with Crippen LogP contribution in [0.3, 0.4) is 0 Å². The maximum Gasteiger partial charge on any atom is 0.522 e. The first-order chi connectivity index (χ1) is 8.54. The average molecular weight is 266 g/mol. The smallest absolute Gasteiger partial charge is 0.314 e. The molecule has 106 valence electrons. The van der Waals surface area contributed by atoms with Crippen molar-refractivity contribution in [2.24, 2.45) is 5.92 Å². The van der Waals surface area contributed by atoms with E-state index in [0.717, 1.165) is 32.5 Å². The number of nitrogens with one attached hydrogen (secondary N) is 1. The van der Waals surface area contributed by atoms with Crippen LogP contribution >= 0.6 is 0 Å². The lowest BCUT2D eigenvalue weighted by molar-refractivity contribution is -0.325. The van der Waals surface area contributed by atoms with Gasteiger partial charge in [0.15, 0.2) is 0 Å². The van der Waals surface area contributed by atoms with Crippen molar-refractivity contribution < 1.29 is 17.9 Å². The van der Waals surface area contributed by atoms with Gasteiger partial charge >= 0.3 is 6.36 Å². The number of halogens is 3. The molecule has 2 fully saturated rings. The van der Waals surface area contributed by atoms with Crippen LogP contribution in [0.4, 0.5) is 13.2 Å². The fourth-order valence-electron chi connectivity index (χ4n) is 2.98. The third-order valence-corrected chi connectivity index (χ3v) is 3.97. The molecular formula is C12H21F3N2O. The van der Waals surface area contributed by atoms with E-state index in [1.54, 1.807) is 0 Å². The molecule has 3 nitrogen and oxygen atoms in total. The van der Waals surface area contributed by atoms with Gasteiger partial charge in [-0.05, 0) is 51.2 Å². The highest BCUT2D eigenvalue weighted by Crippen LogP contribution is 2.25. The van der Waals surface area contributed by atoms with Crippen molar-refractivity contribution in [2.45, 2.75) is 38.1 Å². The molecule has 2 aliphatic rings. The number of piperidine rings is 1. The summed E-state index contributed by atoms with van der Waals surface area (Å²) in [4.78, 5) is 2.07. The van der Waals surface area contributed by atoms with Gasteiger partial charge in [0, 0.05) is 12.6 Å². The molecule has 1 unspecified atom stereocenters. The molecule has 0 aromatic heterocycles. The largest absolute Gasteiger partial charge is 0.522 e. The molecule has 1 atom stereocenters. The number of likely N-dealkylation sites (tertiary alicyclic amines) is 1. The second-order valence-electron chi connectivity index (χ2n) is 5.18. The highest BCUT2D eigenvalue weighted by atomic mass is 19.4. The molecule has 2 heterocycles. The van der Waals surface area contributed by atoms with E-state index >= 15 is 0 Å². The Morgan fingerprint density at radius 3 is 2.44 bits per heavy atom. The Balaban J connectivity index is 1.61. The van der Waals surface area contributed by atoms with Crippen LogP contribution in [0.2, 0.25) is 0 Å². The lowest BCUT2D eigenvalue weighted by atomic mass is 9.88. The molecule has 0 radical (unpaired) electrons. The van der Waals surface area contributed by atoms with Crippen LogP contribution in [0.1, 0.15) is 25.7 Å². The van der Waals surface area contributed by atoms with Crippen LogP contribution < -0.4 is 5.32 Å². The van der Waals surface area contributed by atoms with Crippen molar-refractivity contribution in [3.05, 3.63) is 0 Å². The molecule has 2 aliphatic heterocycles. The molecular weight excluding hydrogens is 245 g/mol. The van der Waals surface area contributed by atoms with Gasteiger partial charge in [-0.2, -0.15) is 0 Å². The minimum absolute atomic E-state index is 0.254. The number of alkyl halides is 3. The maximum absolute atomic E-state index is 11.8. The Morgan fingerprint density at radius 2 is 1.89 bits per heavy atom. The van der Waals surface area contributed by atoms with Crippen LogP contribution in [0.5, 0.6) is 0 Å². The SMILES string of the molecule is FC(F)(F)OCCN1CCC(C2CCCN2)CC1. The topological polar surface area (TPSA) is 24.5 Å². The number of nitrogens with zero attached hydrogens (tertiary/aromatic N) is 1. The van der Waals surface area contributed by atoms with Crippen LogP contribution in [0.25, 0.3) is 0 Å². The van der Waals surface area contributed by atoms with Crippen molar-refractivity contribution in [1.82, 2.24) is 10.2 Å². The van der Waals surface area contributed by atoms with Crippen LogP contribution in [0.15, 0.2) is 0 Å². The molecule has 0 aromatic carbocycles. The number of hydrogen-bond donors (Lipinski definition) is 1. The molecule has 2 rings (SSSR count). The Hall–Kier alpha value is -0.330. The van der Waals surface area contributed by atoms with Gasteiger partial charge < -0.3 is 10.2 Å². The van der Waals surface area contributed by atoms with Crippen LogP contribution in [0, 0.1) is 5.92 Å². The molecule has 2 saturated heterocycles. The van der Waals surface area contributed by atoms with Crippen molar-refractivity contribution in [3.8, 4) is 0 Å². The van der Waals surface area contributed by atoms with E-state index in [0.29, 0.717) is 18.5 Å². The molecule has 0 bridgehead atoms. The molecule has 1 N–H and O–H groups in total. The molecule has 0 aliphatic carbocycles. The number of rotatable bonds is 4. The van der Waals surface area contributed by atoms with Gasteiger partial charge in [-0.15, -0.1) is 13.2 Å². The minimum Gasteiger partial charge on any atom is -0.314 e. The predicted molar refractivity (Wildman–Crippen MR) is 62.2 cm³/mol. The maximum atomic E-state index is 11.8. The van der Waals surface area contributed by atoms with Crippen molar-refractivity contribution in [2.75, 3.05) is 32.8 Å². The Morgan fingerprint density at radius 1 is 1.17 bits per heavy atom. The van der Waals surface area contributed by atoms with Gasteiger partial charge in [0.1, 0.15) is 0 Å². The monoisotopic (exact) mass is 266 g/mol. The molecule has 18 heavy (non-hydrogen) atoms. The Labute approximate surface area is 106 Å². The zero-order valence-corrected chi connectivity index (χ0v) is 10.5. The first kappa shape index (κ1) is 14.1. The average Bonchev–Trinajstić information content (AvgIpc) is 2.82. The van der Waals surface area contributed by atoms with E-state index in [9.17, 15) is 13.2 Å². The first-order valence-corrected chi connectivity index (χ1v) is 6.71. The highest BCUT2D eigenvalue weighted by molar-refractivity contribution is 4.85. The zero-order chi connectivity index (χ0) is 13.0. The van der Waals surface area contributed by atoms with Crippen molar-refractivity contribution in [3.63, 3.8) is 0 Å². The standard InChI is InChI=1S/C12H21F3N2O/c13-12(14,15)18-9-8-17-6-3-10(4-7-17)11-2-1-5-16-11/h10-11,16H,1-9H2. The first-order valence-electron chi connectivity index (χ1n) is 6.71. The van der Waals surface area contributed by atoms with Crippen molar-refractivity contribution >= 4 is 0 Å². The lowest BCUT2D eigenvalue weighted by Gasteiger charge is -2.34. The number of hydrogen-bond acceptors (Lipinski definition) is 3. The fourth-order valence-corrected chi connectivity index (χ4v) is 2.98. The second-order valence-corrected chi connectivity index (χ2v) is 5.18. The molecule has 6 heteroatoms. The minimum atomic E-state index is -4.49. The fraction of sp³-hybridized carbons (Fsp3) is 1.00. The van der Waals surface area contributed by atoms with Gasteiger partial charge in [-0.3, -0.25) is 4.74 Å². The van der Waals surface area contributed by atoms with E-state index < -0.39 is 6.36 Å². The third-order valence-electron chi connectivity index (χ3n) is 3.97. The summed E-state index contributed by atoms with van der Waals surface area (Å²) in [7, 11) is 0. The van der Waals surface area contributed by atoms with Crippen molar-refractivity contribution in [1.29, 1.82) is 0 Å². The van der Waals surface area contributed by atoms with E-state index in [1.807, 2.05) is 0 Å². The molecule has 0 spiro atoms. The number of ether oxygens (including phenoxy) is 1. The van der Waals surface area contributed by atoms with E-state index in [1.165, 1.54) is 12.8 Å². The van der Waals surface area contributed by atoms with E-state index in [2.05, 4.69) is 15.0 Å². The van der Waals surface area contributed by atoms with Crippen LogP contribution in [-0.4, -0.2) is 50.1 Å². The predicted octanol–water partition coefficient (Wildman–Crippen LogP) is 1.99. The summed E-state index contributed by atoms with van der Waals surface area (Å²) in [6.07, 6.45) is 0.186. The molecule has 0 amide bonds. The van der Waals surface area contributed by atoms with Gasteiger partial charge in [0.05, 0.1) is 6.61 Å². The van der Waals surface area contributed by atoms with Gasteiger partial charge in [0.2, 0.25) is 0 Å². The van der Waals surface area contributed by atoms with Gasteiger partial charge in [-0.1, -0.05) is 0 Å². The van der Waals surface area contributed by atoms with Crippen LogP contribution in [-0.2, 0) is 4.74 Å². The molecule has 0 aromatic rings. The van der Waals surface area contributed by atoms with Gasteiger partial charge in [0.25, 0.3) is 0 Å². The zero-order valence-electron chi connectivity index (χ0n) is 10.5. The van der Waals surface area contributed by atoms with E-state index in [-0.39, 0.29) is 6.61 Å². The summed E-state index contributed by atoms with van der Waals surface area (Å²) >= 11 is 0. The summed E-state index contributed by atoms with van der Waals surface area (Å²) < 4.78 is 39.3. The summed E-state index contributed by atoms with van der Waals surface area (Å²) in [5.74, 6) is 0.701. The van der Waals surface area contributed by atoms with E-state index in [4.69, 9.17) is 0 Å². The summed E-state index contributed by atoms with van der Waals surface area (Å²) in [6, 6.07) is 0.638. The van der Waals surface area contributed by atoms with Gasteiger partial charge in [-0.25, -0.2) is 0 Å². The quantitative estimate of drug-likeness (QED) is 0.842. The summed E-state index contributed by atoms with van der Waals surface area (Å²) in [6.45, 7) is 3.03. The second kappa shape index (κ2) is 6.21. The normalized spacial score (nSPS) is 27.8. The summed E-state index contributed by atoms with van der Waals surface area (Å²) in [5, 5.41) is 3.51. The Bertz CT molecular complexity index is 246. The third kappa shape index (κ3) is 4.40. The summed E-state index contributed by atoms with van der Waals surface area (Å²) in [5.41, 5.74) is 0.